The fourth-order valence-corrected chi connectivity index (χ4v) is 2.24. The Morgan fingerprint density at radius 3 is 2.64 bits per heavy atom. The van der Waals surface area contributed by atoms with E-state index in [0.29, 0.717) is 23.2 Å². The molecule has 1 amide bonds. The molecule has 0 radical (unpaired) electrons. The lowest BCUT2D eigenvalue weighted by Gasteiger charge is -2.18. The van der Waals surface area contributed by atoms with E-state index in [-0.39, 0.29) is 5.91 Å². The predicted octanol–water partition coefficient (Wildman–Crippen LogP) is 2.91. The molecule has 0 bridgehead atoms. The molecule has 0 aliphatic carbocycles. The van der Waals surface area contributed by atoms with Gasteiger partial charge in [0.1, 0.15) is 5.69 Å². The van der Waals surface area contributed by atoms with Gasteiger partial charge in [-0.15, -0.1) is 0 Å². The molecule has 0 fully saturated rings. The number of nitrogens with zero attached hydrogens (tertiary/aromatic N) is 3. The minimum Gasteiger partial charge on any atom is -0.347 e. The van der Waals surface area contributed by atoms with Crippen molar-refractivity contribution < 1.29 is 4.79 Å². The monoisotopic (exact) mass is 318 g/mol. The van der Waals surface area contributed by atoms with Crippen LogP contribution in [0.4, 0.5) is 5.95 Å². The number of benzene rings is 1. The highest BCUT2D eigenvalue weighted by molar-refractivity contribution is 6.31. The second kappa shape index (κ2) is 7.75. The van der Waals surface area contributed by atoms with E-state index in [9.17, 15) is 4.79 Å². The largest absolute Gasteiger partial charge is 0.347 e. The first-order valence-electron chi connectivity index (χ1n) is 7.25. The summed E-state index contributed by atoms with van der Waals surface area (Å²) in [6, 6.07) is 9.02. The smallest absolute Gasteiger partial charge is 0.270 e. The first-order valence-corrected chi connectivity index (χ1v) is 7.63. The van der Waals surface area contributed by atoms with Crippen LogP contribution < -0.4 is 10.2 Å². The van der Waals surface area contributed by atoms with Crippen molar-refractivity contribution in [2.75, 3.05) is 18.0 Å². The molecule has 22 heavy (non-hydrogen) atoms. The van der Waals surface area contributed by atoms with Gasteiger partial charge in [-0.05, 0) is 31.5 Å². The highest BCUT2D eigenvalue weighted by Gasteiger charge is 2.11. The summed E-state index contributed by atoms with van der Waals surface area (Å²) in [6.45, 7) is 6.00. The quantitative estimate of drug-likeness (QED) is 0.889. The Kier molecular flexibility index (Phi) is 5.72. The molecular formula is C16H19ClN4O. The van der Waals surface area contributed by atoms with E-state index in [2.05, 4.69) is 15.3 Å². The highest BCUT2D eigenvalue weighted by Crippen LogP contribution is 2.14. The van der Waals surface area contributed by atoms with Crippen molar-refractivity contribution in [3.63, 3.8) is 0 Å². The van der Waals surface area contributed by atoms with Crippen LogP contribution in [0.25, 0.3) is 0 Å². The van der Waals surface area contributed by atoms with Gasteiger partial charge in [-0.1, -0.05) is 29.8 Å². The van der Waals surface area contributed by atoms with Crippen molar-refractivity contribution in [2.24, 2.45) is 0 Å². The Bertz CT molecular complexity index is 644. The van der Waals surface area contributed by atoms with Crippen LogP contribution >= 0.6 is 11.6 Å². The van der Waals surface area contributed by atoms with Crippen LogP contribution in [-0.4, -0.2) is 29.0 Å². The molecule has 116 valence electrons. The molecule has 0 aliphatic rings. The molecule has 1 N–H and O–H groups in total. The molecule has 1 aromatic heterocycles. The molecule has 2 rings (SSSR count). The summed E-state index contributed by atoms with van der Waals surface area (Å²) in [4.78, 5) is 22.7. The van der Waals surface area contributed by atoms with Gasteiger partial charge >= 0.3 is 0 Å². The molecule has 2 aromatic rings. The standard InChI is InChI=1S/C16H19ClN4O/c1-3-21(4-2)16-18-10-9-14(20-16)15(22)19-11-12-7-5-6-8-13(12)17/h5-10H,3-4,11H2,1-2H3,(H,19,22). The SMILES string of the molecule is CCN(CC)c1nccc(C(=O)NCc2ccccc2Cl)n1. The predicted molar refractivity (Wildman–Crippen MR) is 88.2 cm³/mol. The van der Waals surface area contributed by atoms with Gasteiger partial charge < -0.3 is 10.2 Å². The minimum atomic E-state index is -0.240. The second-order valence-electron chi connectivity index (χ2n) is 4.69. The van der Waals surface area contributed by atoms with Crippen molar-refractivity contribution in [2.45, 2.75) is 20.4 Å². The van der Waals surface area contributed by atoms with Crippen LogP contribution in [0.5, 0.6) is 0 Å². The summed E-state index contributed by atoms with van der Waals surface area (Å²) < 4.78 is 0. The number of halogens is 1. The third kappa shape index (κ3) is 3.95. The number of nitrogens with one attached hydrogen (secondary N) is 1. The van der Waals surface area contributed by atoms with Crippen molar-refractivity contribution in [1.82, 2.24) is 15.3 Å². The normalized spacial score (nSPS) is 10.3. The number of carbonyl (C=O) groups is 1. The van der Waals surface area contributed by atoms with Gasteiger partial charge in [-0.2, -0.15) is 0 Å². The van der Waals surface area contributed by atoms with Gasteiger partial charge in [-0.25, -0.2) is 9.97 Å². The van der Waals surface area contributed by atoms with Crippen LogP contribution in [0, 0.1) is 0 Å². The zero-order chi connectivity index (χ0) is 15.9. The van der Waals surface area contributed by atoms with E-state index in [4.69, 9.17) is 11.6 Å². The summed E-state index contributed by atoms with van der Waals surface area (Å²) in [5.41, 5.74) is 1.22. The summed E-state index contributed by atoms with van der Waals surface area (Å²) in [5.74, 6) is 0.325. The van der Waals surface area contributed by atoms with Crippen molar-refractivity contribution in [3.8, 4) is 0 Å². The Hall–Kier alpha value is -2.14. The lowest BCUT2D eigenvalue weighted by atomic mass is 10.2. The molecule has 0 saturated heterocycles. The van der Waals surface area contributed by atoms with Gasteiger partial charge in [0.2, 0.25) is 5.95 Å². The summed E-state index contributed by atoms with van der Waals surface area (Å²) in [7, 11) is 0. The van der Waals surface area contributed by atoms with E-state index in [0.717, 1.165) is 18.7 Å². The maximum atomic E-state index is 12.2. The number of amides is 1. The molecule has 0 spiro atoms. The van der Waals surface area contributed by atoms with Crippen molar-refractivity contribution in [3.05, 3.63) is 52.8 Å². The van der Waals surface area contributed by atoms with E-state index in [1.165, 1.54) is 0 Å². The highest BCUT2D eigenvalue weighted by atomic mass is 35.5. The van der Waals surface area contributed by atoms with Crippen LogP contribution in [-0.2, 0) is 6.54 Å². The number of hydrogen-bond donors (Lipinski definition) is 1. The Balaban J connectivity index is 2.07. The van der Waals surface area contributed by atoms with E-state index in [1.807, 2.05) is 36.9 Å². The van der Waals surface area contributed by atoms with Gasteiger partial charge in [-0.3, -0.25) is 4.79 Å². The Morgan fingerprint density at radius 1 is 1.23 bits per heavy atom. The van der Waals surface area contributed by atoms with E-state index >= 15 is 0 Å². The number of aromatic nitrogens is 2. The molecule has 0 saturated carbocycles. The Labute approximate surface area is 135 Å². The fraction of sp³-hybridized carbons (Fsp3) is 0.312. The summed E-state index contributed by atoms with van der Waals surface area (Å²) >= 11 is 6.07. The Morgan fingerprint density at radius 2 is 1.95 bits per heavy atom. The fourth-order valence-electron chi connectivity index (χ4n) is 2.04. The van der Waals surface area contributed by atoms with E-state index in [1.54, 1.807) is 18.3 Å². The maximum Gasteiger partial charge on any atom is 0.270 e. The van der Waals surface area contributed by atoms with Gasteiger partial charge in [0.05, 0.1) is 0 Å². The number of carbonyl (C=O) groups excluding carboxylic acids is 1. The number of hydrogen-bond acceptors (Lipinski definition) is 4. The van der Waals surface area contributed by atoms with Gasteiger partial charge in [0.15, 0.2) is 0 Å². The van der Waals surface area contributed by atoms with Crippen molar-refractivity contribution >= 4 is 23.5 Å². The molecule has 0 aliphatic heterocycles. The van der Waals surface area contributed by atoms with Crippen LogP contribution in [0.2, 0.25) is 5.02 Å². The van der Waals surface area contributed by atoms with Crippen molar-refractivity contribution in [1.29, 1.82) is 0 Å². The van der Waals surface area contributed by atoms with E-state index < -0.39 is 0 Å². The first kappa shape index (κ1) is 16.2. The molecule has 5 nitrogen and oxygen atoms in total. The zero-order valence-electron chi connectivity index (χ0n) is 12.7. The first-order chi connectivity index (χ1) is 10.7. The molecular weight excluding hydrogens is 300 g/mol. The number of rotatable bonds is 6. The van der Waals surface area contributed by atoms with Crippen LogP contribution in [0.1, 0.15) is 29.9 Å². The van der Waals surface area contributed by atoms with Gasteiger partial charge in [0.25, 0.3) is 5.91 Å². The minimum absolute atomic E-state index is 0.240. The van der Waals surface area contributed by atoms with Gasteiger partial charge in [0, 0.05) is 30.9 Å². The van der Waals surface area contributed by atoms with Crippen LogP contribution in [0.15, 0.2) is 36.5 Å². The zero-order valence-corrected chi connectivity index (χ0v) is 13.5. The maximum absolute atomic E-state index is 12.2. The summed E-state index contributed by atoms with van der Waals surface area (Å²) in [5, 5.41) is 3.46. The molecule has 0 atom stereocenters. The molecule has 6 heteroatoms. The third-order valence-electron chi connectivity index (χ3n) is 3.32. The topological polar surface area (TPSA) is 58.1 Å². The summed E-state index contributed by atoms with van der Waals surface area (Å²) in [6.07, 6.45) is 1.60. The van der Waals surface area contributed by atoms with Crippen LogP contribution in [0.3, 0.4) is 0 Å². The second-order valence-corrected chi connectivity index (χ2v) is 5.10. The molecule has 1 aromatic carbocycles. The average molecular weight is 319 g/mol. The lowest BCUT2D eigenvalue weighted by Crippen LogP contribution is -2.27. The molecule has 1 heterocycles. The molecule has 0 unspecified atom stereocenters. The average Bonchev–Trinajstić information content (AvgIpc) is 2.55. The lowest BCUT2D eigenvalue weighted by molar-refractivity contribution is 0.0946. The number of anilines is 1. The third-order valence-corrected chi connectivity index (χ3v) is 3.69.